The largest absolute Gasteiger partial charge is 0.343 e. The number of aromatic nitrogens is 4. The summed E-state index contributed by atoms with van der Waals surface area (Å²) in [6.07, 6.45) is 4.39. The van der Waals surface area contributed by atoms with E-state index in [4.69, 9.17) is 16.1 Å². The molecule has 5 rings (SSSR count). The Hall–Kier alpha value is -3.26. The quantitative estimate of drug-likeness (QED) is 0.455. The Labute approximate surface area is 182 Å². The van der Waals surface area contributed by atoms with Crippen molar-refractivity contribution in [2.45, 2.75) is 25.8 Å². The third kappa shape index (κ3) is 3.90. The summed E-state index contributed by atoms with van der Waals surface area (Å²) in [5.41, 5.74) is 3.00. The van der Waals surface area contributed by atoms with Crippen LogP contribution < -0.4 is 0 Å². The van der Waals surface area contributed by atoms with Gasteiger partial charge in [-0.25, -0.2) is 9.37 Å². The number of halogens is 2. The molecule has 2 aromatic carbocycles. The number of carbonyl (C=O) groups is 1. The monoisotopic (exact) mass is 439 g/mol. The second-order valence-corrected chi connectivity index (χ2v) is 7.94. The average molecular weight is 440 g/mol. The molecule has 0 aliphatic carbocycles. The number of likely N-dealkylation sites (tertiary alicyclic amines) is 1. The van der Waals surface area contributed by atoms with E-state index in [2.05, 4.69) is 15.1 Å². The predicted octanol–water partition coefficient (Wildman–Crippen LogP) is 4.56. The van der Waals surface area contributed by atoms with E-state index in [1.165, 1.54) is 18.2 Å². The molecule has 1 aliphatic heterocycles. The molecule has 31 heavy (non-hydrogen) atoms. The number of hydrogen-bond acceptors (Lipinski definition) is 5. The molecule has 1 aliphatic rings. The van der Waals surface area contributed by atoms with Crippen LogP contribution in [0.25, 0.3) is 33.9 Å². The van der Waals surface area contributed by atoms with Crippen LogP contribution in [0.2, 0.25) is 5.02 Å². The van der Waals surface area contributed by atoms with Gasteiger partial charge in [0.1, 0.15) is 5.82 Å². The first-order chi connectivity index (χ1) is 15.1. The van der Waals surface area contributed by atoms with Crippen molar-refractivity contribution in [1.29, 1.82) is 0 Å². The van der Waals surface area contributed by atoms with Gasteiger partial charge in [0, 0.05) is 37.2 Å². The fraction of sp³-hybridized carbons (Fsp3) is 0.273. The summed E-state index contributed by atoms with van der Waals surface area (Å²) >= 11 is 5.84. The number of imidazole rings is 1. The van der Waals surface area contributed by atoms with Crippen molar-refractivity contribution in [1.82, 2.24) is 24.6 Å². The second kappa shape index (κ2) is 8.11. The molecule has 3 heterocycles. The lowest BCUT2D eigenvalue weighted by atomic mass is 10.2. The zero-order valence-electron chi connectivity index (χ0n) is 16.6. The van der Waals surface area contributed by atoms with Gasteiger partial charge in [0.05, 0.1) is 22.4 Å². The van der Waals surface area contributed by atoms with Crippen molar-refractivity contribution in [3.05, 3.63) is 53.6 Å². The van der Waals surface area contributed by atoms with E-state index in [0.29, 0.717) is 24.4 Å². The van der Waals surface area contributed by atoms with E-state index in [-0.39, 0.29) is 16.8 Å². The normalized spacial score (nSPS) is 13.9. The molecule has 9 heteroatoms. The lowest BCUT2D eigenvalue weighted by Gasteiger charge is -2.15. The Balaban J connectivity index is 1.34. The number of aryl methyl sites for hydroxylation is 1. The first-order valence-corrected chi connectivity index (χ1v) is 10.5. The molecule has 0 N–H and O–H groups in total. The van der Waals surface area contributed by atoms with E-state index in [0.717, 1.165) is 42.5 Å². The average Bonchev–Trinajstić information content (AvgIpc) is 3.54. The molecule has 158 valence electrons. The number of hydrogen-bond donors (Lipinski definition) is 0. The van der Waals surface area contributed by atoms with E-state index >= 15 is 0 Å². The lowest BCUT2D eigenvalue weighted by Crippen LogP contribution is -2.28. The maximum atomic E-state index is 13.4. The van der Waals surface area contributed by atoms with Gasteiger partial charge in [-0.1, -0.05) is 16.8 Å². The fourth-order valence-corrected chi connectivity index (χ4v) is 3.99. The molecule has 7 nitrogen and oxygen atoms in total. The zero-order valence-corrected chi connectivity index (χ0v) is 17.3. The molecule has 2 aromatic heterocycles. The molecule has 4 aromatic rings. The van der Waals surface area contributed by atoms with Gasteiger partial charge in [-0.3, -0.25) is 4.79 Å². The zero-order chi connectivity index (χ0) is 21.4. The molecule has 1 amide bonds. The topological polar surface area (TPSA) is 77.0 Å². The second-order valence-electron chi connectivity index (χ2n) is 7.53. The summed E-state index contributed by atoms with van der Waals surface area (Å²) in [5.74, 6) is 0.337. The van der Waals surface area contributed by atoms with E-state index in [1.807, 2.05) is 27.7 Å². The van der Waals surface area contributed by atoms with E-state index in [1.54, 1.807) is 6.33 Å². The summed E-state index contributed by atoms with van der Waals surface area (Å²) < 4.78 is 20.7. The highest BCUT2D eigenvalue weighted by atomic mass is 35.5. The number of nitrogens with zero attached hydrogens (tertiary/aromatic N) is 5. The molecule has 0 saturated carbocycles. The molecule has 1 fully saturated rings. The minimum atomic E-state index is -0.506. The summed E-state index contributed by atoms with van der Waals surface area (Å²) in [5, 5.41) is 4.02. The Morgan fingerprint density at radius 3 is 2.74 bits per heavy atom. The van der Waals surface area contributed by atoms with Gasteiger partial charge in [0.15, 0.2) is 0 Å². The molecule has 1 saturated heterocycles. The van der Waals surface area contributed by atoms with Crippen molar-refractivity contribution in [3.8, 4) is 22.8 Å². The van der Waals surface area contributed by atoms with Crippen LogP contribution in [-0.4, -0.2) is 43.6 Å². The smallest absolute Gasteiger partial charge is 0.258 e. The summed E-state index contributed by atoms with van der Waals surface area (Å²) in [6.45, 7) is 2.32. The van der Waals surface area contributed by atoms with E-state index < -0.39 is 5.82 Å². The van der Waals surface area contributed by atoms with Gasteiger partial charge in [-0.05, 0) is 49.2 Å². The van der Waals surface area contributed by atoms with Gasteiger partial charge < -0.3 is 14.0 Å². The number of fused-ring (bicyclic) bond motifs is 1. The van der Waals surface area contributed by atoms with Crippen molar-refractivity contribution in [2.24, 2.45) is 0 Å². The Morgan fingerprint density at radius 2 is 1.94 bits per heavy atom. The van der Waals surface area contributed by atoms with E-state index in [9.17, 15) is 9.18 Å². The first kappa shape index (κ1) is 19.7. The highest BCUT2D eigenvalue weighted by Gasteiger charge is 2.18. The number of carbonyl (C=O) groups excluding carboxylic acids is 1. The highest BCUT2D eigenvalue weighted by molar-refractivity contribution is 6.31. The summed E-state index contributed by atoms with van der Waals surface area (Å²) in [6, 6.07) is 9.93. The maximum Gasteiger partial charge on any atom is 0.258 e. The van der Waals surface area contributed by atoms with Crippen LogP contribution in [-0.2, 0) is 11.3 Å². The lowest BCUT2D eigenvalue weighted by molar-refractivity contribution is -0.130. The van der Waals surface area contributed by atoms with Crippen molar-refractivity contribution in [2.75, 3.05) is 13.1 Å². The van der Waals surface area contributed by atoms with Gasteiger partial charge in [-0.2, -0.15) is 4.98 Å². The molecular weight excluding hydrogens is 421 g/mol. The number of benzene rings is 2. The molecular formula is C22H19ClFN5O2. The van der Waals surface area contributed by atoms with Crippen molar-refractivity contribution in [3.63, 3.8) is 0 Å². The molecule has 0 spiro atoms. The van der Waals surface area contributed by atoms with Crippen LogP contribution in [0.5, 0.6) is 0 Å². The Morgan fingerprint density at radius 1 is 1.13 bits per heavy atom. The van der Waals surface area contributed by atoms with Crippen LogP contribution in [0.15, 0.2) is 47.2 Å². The van der Waals surface area contributed by atoms with Crippen LogP contribution in [0, 0.1) is 5.82 Å². The highest BCUT2D eigenvalue weighted by Crippen LogP contribution is 2.27. The van der Waals surface area contributed by atoms with Gasteiger partial charge >= 0.3 is 0 Å². The SMILES string of the molecule is O=C(CCn1cnc2cc(-c3noc(-c4ccc(F)c(Cl)c4)n3)ccc21)N1CCCC1. The van der Waals surface area contributed by atoms with Crippen molar-refractivity contribution >= 4 is 28.5 Å². The molecule has 0 atom stereocenters. The van der Waals surface area contributed by atoms with Crippen LogP contribution in [0.4, 0.5) is 4.39 Å². The molecule has 0 bridgehead atoms. The fourth-order valence-electron chi connectivity index (χ4n) is 3.81. The van der Waals surface area contributed by atoms with Gasteiger partial charge in [0.2, 0.25) is 11.7 Å². The van der Waals surface area contributed by atoms with Gasteiger partial charge in [0.25, 0.3) is 5.89 Å². The standard InChI is InChI=1S/C22H19ClFN5O2/c23-16-11-15(3-5-17(16)24)22-26-21(27-31-22)14-4-6-19-18(12-14)25-13-29(19)10-7-20(30)28-8-1-2-9-28/h3-6,11-13H,1-2,7-10H2. The molecule has 0 unspecified atom stereocenters. The third-order valence-electron chi connectivity index (χ3n) is 5.50. The minimum Gasteiger partial charge on any atom is -0.343 e. The Kier molecular flexibility index (Phi) is 5.15. The third-order valence-corrected chi connectivity index (χ3v) is 5.79. The Bertz CT molecular complexity index is 1260. The summed E-state index contributed by atoms with van der Waals surface area (Å²) in [7, 11) is 0. The summed E-state index contributed by atoms with van der Waals surface area (Å²) in [4.78, 5) is 23.1. The van der Waals surface area contributed by atoms with Gasteiger partial charge in [-0.15, -0.1) is 0 Å². The van der Waals surface area contributed by atoms with Crippen LogP contribution in [0.1, 0.15) is 19.3 Å². The first-order valence-electron chi connectivity index (χ1n) is 10.1. The van der Waals surface area contributed by atoms with Crippen LogP contribution >= 0.6 is 11.6 Å². The number of rotatable bonds is 5. The predicted molar refractivity (Wildman–Crippen MR) is 114 cm³/mol. The van der Waals surface area contributed by atoms with Crippen molar-refractivity contribution < 1.29 is 13.7 Å². The maximum absolute atomic E-state index is 13.4. The van der Waals surface area contributed by atoms with Crippen LogP contribution in [0.3, 0.4) is 0 Å². The number of amides is 1. The molecule has 0 radical (unpaired) electrons. The minimum absolute atomic E-state index is 0.00702.